The van der Waals surface area contributed by atoms with Gasteiger partial charge in [0, 0.05) is 80.9 Å². The molecular weight excluding hydrogens is 1050 g/mol. The Morgan fingerprint density at radius 2 is 1.19 bits per heavy atom. The highest BCUT2D eigenvalue weighted by Gasteiger charge is 2.30. The lowest BCUT2D eigenvalue weighted by Gasteiger charge is -2.25. The molecule has 1 atom stereocenters. The van der Waals surface area contributed by atoms with Crippen LogP contribution in [-0.2, 0) is 68.4 Å². The van der Waals surface area contributed by atoms with E-state index in [4.69, 9.17) is 19.2 Å². The third kappa shape index (κ3) is 14.9. The van der Waals surface area contributed by atoms with E-state index < -0.39 is 11.9 Å². The summed E-state index contributed by atoms with van der Waals surface area (Å²) in [7, 11) is 1.54. The highest BCUT2D eigenvalue weighted by molar-refractivity contribution is 5.99. The predicted molar refractivity (Wildman–Crippen MR) is 333 cm³/mol. The second-order valence-electron chi connectivity index (χ2n) is 21.4. The van der Waals surface area contributed by atoms with Crippen LogP contribution < -0.4 is 20.3 Å². The van der Waals surface area contributed by atoms with Crippen molar-refractivity contribution in [2.45, 2.75) is 105 Å². The number of hydrogen-bond acceptors (Lipinski definition) is 10. The molecule has 10 rings (SSSR count). The Bertz CT molecular complexity index is 3550. The fourth-order valence-electron chi connectivity index (χ4n) is 11.3. The van der Waals surface area contributed by atoms with E-state index >= 15 is 0 Å². The SMILES string of the molecule is C.CCc1c2c(nc3ccc(OC(=O)c4cccc(C(=O)NCCCCOc5cc(CN(Cc6ccccc6)Cc6ccccc6)cc(CN(Cc6ccccc6)Cc6ccccc6)c5)c4)cc13)-c1cc(C(C=O)CC)c(COC)c(=O)n1C2. The van der Waals surface area contributed by atoms with E-state index in [0.717, 1.165) is 67.8 Å². The maximum Gasteiger partial charge on any atom is 0.343 e. The predicted octanol–water partition coefficient (Wildman–Crippen LogP) is 13.7. The average Bonchev–Trinajstić information content (AvgIpc) is 1.74. The number of benzene rings is 7. The number of amides is 1. The molecule has 1 aliphatic heterocycles. The number of ether oxygens (including phenoxy) is 3. The van der Waals surface area contributed by atoms with Crippen molar-refractivity contribution in [3.63, 3.8) is 0 Å². The summed E-state index contributed by atoms with van der Waals surface area (Å²) in [5, 5.41) is 3.85. The first-order chi connectivity index (χ1) is 40.7. The van der Waals surface area contributed by atoms with Crippen LogP contribution in [0.1, 0.15) is 123 Å². The second-order valence-corrected chi connectivity index (χ2v) is 21.4. The molecule has 0 saturated heterocycles. The number of carbonyl (C=O) groups is 3. The topological polar surface area (TPSA) is 132 Å². The van der Waals surface area contributed by atoms with Gasteiger partial charge in [0.15, 0.2) is 0 Å². The maximum absolute atomic E-state index is 13.9. The number of aldehydes is 1. The molecule has 0 bridgehead atoms. The van der Waals surface area contributed by atoms with Crippen LogP contribution in [0.2, 0.25) is 0 Å². The van der Waals surface area contributed by atoms with Crippen LogP contribution in [0, 0.1) is 0 Å². The van der Waals surface area contributed by atoms with Crippen LogP contribution in [0.5, 0.6) is 11.5 Å². The van der Waals surface area contributed by atoms with Gasteiger partial charge in [0.25, 0.3) is 11.5 Å². The van der Waals surface area contributed by atoms with Gasteiger partial charge in [-0.25, -0.2) is 9.78 Å². The molecular formula is C72H75N5O7. The monoisotopic (exact) mass is 1120 g/mol. The van der Waals surface area contributed by atoms with Crippen molar-refractivity contribution in [3.8, 4) is 22.9 Å². The summed E-state index contributed by atoms with van der Waals surface area (Å²) in [4.78, 5) is 63.3. The lowest BCUT2D eigenvalue weighted by atomic mass is 9.93. The molecule has 7 aromatic carbocycles. The van der Waals surface area contributed by atoms with Crippen molar-refractivity contribution >= 4 is 29.1 Å². The first kappa shape index (κ1) is 59.8. The Balaban J connectivity index is 0.00000846. The van der Waals surface area contributed by atoms with Gasteiger partial charge in [-0.1, -0.05) is 155 Å². The Morgan fingerprint density at radius 3 is 1.73 bits per heavy atom. The molecule has 1 unspecified atom stereocenters. The lowest BCUT2D eigenvalue weighted by molar-refractivity contribution is -0.109. The van der Waals surface area contributed by atoms with Crippen LogP contribution in [-0.4, -0.2) is 57.8 Å². The van der Waals surface area contributed by atoms with Gasteiger partial charge in [-0.3, -0.25) is 19.4 Å². The van der Waals surface area contributed by atoms with Crippen molar-refractivity contribution in [1.29, 1.82) is 0 Å². The van der Waals surface area contributed by atoms with E-state index in [2.05, 4.69) is 155 Å². The van der Waals surface area contributed by atoms with E-state index in [0.29, 0.717) is 84.7 Å². The largest absolute Gasteiger partial charge is 0.494 e. The highest BCUT2D eigenvalue weighted by atomic mass is 16.5. The van der Waals surface area contributed by atoms with Crippen LogP contribution in [0.4, 0.5) is 0 Å². The first-order valence-electron chi connectivity index (χ1n) is 28.8. The van der Waals surface area contributed by atoms with E-state index in [1.807, 2.05) is 32.0 Å². The molecule has 84 heavy (non-hydrogen) atoms. The lowest BCUT2D eigenvalue weighted by Crippen LogP contribution is -2.26. The van der Waals surface area contributed by atoms with E-state index in [9.17, 15) is 19.2 Å². The van der Waals surface area contributed by atoms with Crippen LogP contribution in [0.25, 0.3) is 22.3 Å². The quantitative estimate of drug-likeness (QED) is 0.0230. The third-order valence-electron chi connectivity index (χ3n) is 15.3. The summed E-state index contributed by atoms with van der Waals surface area (Å²) in [5.41, 5.74) is 12.9. The van der Waals surface area contributed by atoms with Gasteiger partial charge in [0.1, 0.15) is 17.8 Å². The minimum Gasteiger partial charge on any atom is -0.494 e. The van der Waals surface area contributed by atoms with Crippen LogP contribution in [0.3, 0.4) is 0 Å². The van der Waals surface area contributed by atoms with Crippen LogP contribution >= 0.6 is 0 Å². The molecule has 0 saturated carbocycles. The van der Waals surface area contributed by atoms with Gasteiger partial charge in [-0.2, -0.15) is 0 Å². The molecule has 1 N–H and O–H groups in total. The number of pyridine rings is 2. The molecule has 12 heteroatoms. The molecule has 1 amide bonds. The molecule has 0 radical (unpaired) electrons. The van der Waals surface area contributed by atoms with Crippen molar-refractivity contribution < 1.29 is 28.6 Å². The Labute approximate surface area is 493 Å². The molecule has 3 heterocycles. The van der Waals surface area contributed by atoms with Gasteiger partial charge >= 0.3 is 5.97 Å². The van der Waals surface area contributed by atoms with E-state index in [1.165, 1.54) is 33.4 Å². The molecule has 0 spiro atoms. The Kier molecular flexibility index (Phi) is 20.6. The molecule has 1 aliphatic rings. The number of fused-ring (bicyclic) bond motifs is 4. The number of methoxy groups -OCH3 is 1. The number of unbranched alkanes of at least 4 members (excludes halogenated alkanes) is 1. The first-order valence-corrected chi connectivity index (χ1v) is 28.8. The van der Waals surface area contributed by atoms with Gasteiger partial charge in [0.2, 0.25) is 0 Å². The maximum atomic E-state index is 13.9. The number of hydrogen-bond donors (Lipinski definition) is 1. The summed E-state index contributed by atoms with van der Waals surface area (Å²) in [5.74, 6) is -0.193. The van der Waals surface area contributed by atoms with E-state index in [1.54, 1.807) is 42.0 Å². The zero-order valence-electron chi connectivity index (χ0n) is 47.6. The molecule has 0 aliphatic carbocycles. The summed E-state index contributed by atoms with van der Waals surface area (Å²) >= 11 is 0. The van der Waals surface area contributed by atoms with Gasteiger partial charge in [-0.15, -0.1) is 0 Å². The van der Waals surface area contributed by atoms with Crippen molar-refractivity contribution in [3.05, 3.63) is 265 Å². The second kappa shape index (κ2) is 28.9. The standard InChI is InChI=1S/C71H71N5O7.CH4/c1-4-56(48-77)62-40-67-68-64(47-76(67)70(79)65(62)49-81-3)61(5-2)63-39-59(31-32-66(63)73-68)83-71(80)58-30-20-29-57(38-58)69(78)72-33-18-19-34-82-60-36-54(45-74(41-50-21-10-6-11-22-50)42-51-23-12-7-13-24-51)35-55(37-60)46-75(43-52-25-14-8-15-26-52)44-53-27-16-9-17-28-53;/h6-17,20-32,35-40,48,56H,4-5,18-19,33-34,41-47,49H2,1-3H3,(H,72,78);1H4. The minimum atomic E-state index is -0.603. The number of carbonyl (C=O) groups excluding carboxylic acids is 3. The fourth-order valence-corrected chi connectivity index (χ4v) is 11.3. The summed E-state index contributed by atoms with van der Waals surface area (Å²) < 4.78 is 19.6. The van der Waals surface area contributed by atoms with Crippen molar-refractivity contribution in [2.24, 2.45) is 0 Å². The van der Waals surface area contributed by atoms with Crippen molar-refractivity contribution in [2.75, 3.05) is 20.3 Å². The number of aryl methyl sites for hydroxylation is 1. The highest BCUT2D eigenvalue weighted by Crippen LogP contribution is 2.39. The van der Waals surface area contributed by atoms with E-state index in [-0.39, 0.29) is 31.1 Å². The summed E-state index contributed by atoms with van der Waals surface area (Å²) in [6.07, 6.45) is 3.47. The minimum absolute atomic E-state index is 0. The average molecular weight is 1120 g/mol. The van der Waals surface area contributed by atoms with Crippen LogP contribution in [0.15, 0.2) is 193 Å². The summed E-state index contributed by atoms with van der Waals surface area (Å²) in [6, 6.07) is 63.0. The number of aromatic nitrogens is 2. The number of nitrogens with zero attached hydrogens (tertiary/aromatic N) is 4. The fraction of sp³-hybridized carbons (Fsp3) is 0.264. The molecule has 0 fully saturated rings. The molecule has 2 aromatic heterocycles. The smallest absolute Gasteiger partial charge is 0.343 e. The van der Waals surface area contributed by atoms with Gasteiger partial charge in [0.05, 0.1) is 42.2 Å². The third-order valence-corrected chi connectivity index (χ3v) is 15.3. The van der Waals surface area contributed by atoms with Gasteiger partial charge in [-0.05, 0) is 125 Å². The number of esters is 1. The Morgan fingerprint density at radius 1 is 0.631 bits per heavy atom. The molecule has 12 nitrogen and oxygen atoms in total. The van der Waals surface area contributed by atoms with Crippen molar-refractivity contribution in [1.82, 2.24) is 24.7 Å². The number of rotatable bonds is 27. The Hall–Kier alpha value is -8.81. The number of nitrogens with one attached hydrogen (secondary N) is 1. The normalized spacial score (nSPS) is 11.9. The molecule has 9 aromatic rings. The summed E-state index contributed by atoms with van der Waals surface area (Å²) in [6.45, 7) is 9.91. The zero-order valence-corrected chi connectivity index (χ0v) is 47.6. The zero-order chi connectivity index (χ0) is 57.5. The van der Waals surface area contributed by atoms with Gasteiger partial charge < -0.3 is 28.9 Å². The molecule has 430 valence electrons.